The zero-order valence-electron chi connectivity index (χ0n) is 13.2. The Bertz CT molecular complexity index is 808. The molecule has 0 heterocycles. The number of carbonyl (C=O) groups is 3. The largest absolute Gasteiger partial charge is 0.507 e. The third-order valence-corrected chi connectivity index (χ3v) is 3.69. The molecule has 0 bridgehead atoms. The number of phenolic OH excluding ortho intramolecular Hbond substituents is 2. The number of hydrogen-bond acceptors (Lipinski definition) is 6. The number of methoxy groups -OCH3 is 1. The van der Waals surface area contributed by atoms with E-state index in [0.717, 1.165) is 0 Å². The lowest BCUT2D eigenvalue weighted by atomic mass is 9.95. The molecule has 0 saturated carbocycles. The first-order chi connectivity index (χ1) is 11.4. The smallest absolute Gasteiger partial charge is 0.178 e. The quantitative estimate of drug-likeness (QED) is 0.480. The second-order valence-electron chi connectivity index (χ2n) is 5.15. The molecule has 124 valence electrons. The second kappa shape index (κ2) is 6.95. The number of hydrogen-bond donors (Lipinski definition) is 2. The first kappa shape index (κ1) is 17.2. The number of Topliss-reactive ketones (excluding diaryl/α,β-unsaturated/α-hetero) is 2. The summed E-state index contributed by atoms with van der Waals surface area (Å²) in [5.41, 5.74) is -0.235. The Morgan fingerprint density at radius 2 is 1.71 bits per heavy atom. The Hall–Kier alpha value is -3.15. The van der Waals surface area contributed by atoms with Gasteiger partial charge in [0.1, 0.15) is 22.8 Å². The lowest BCUT2D eigenvalue weighted by Crippen LogP contribution is -2.11. The van der Waals surface area contributed by atoms with E-state index in [2.05, 4.69) is 0 Å². The summed E-state index contributed by atoms with van der Waals surface area (Å²) in [6.07, 6.45) is -0.217. The van der Waals surface area contributed by atoms with Crippen LogP contribution in [0.25, 0.3) is 0 Å². The Morgan fingerprint density at radius 1 is 1.08 bits per heavy atom. The Morgan fingerprint density at radius 3 is 2.25 bits per heavy atom. The molecule has 6 nitrogen and oxygen atoms in total. The molecule has 2 N–H and O–H groups in total. The van der Waals surface area contributed by atoms with Crippen LogP contribution in [0, 0.1) is 6.92 Å². The summed E-state index contributed by atoms with van der Waals surface area (Å²) in [4.78, 5) is 35.7. The van der Waals surface area contributed by atoms with E-state index in [1.165, 1.54) is 14.0 Å². The number of benzene rings is 2. The first-order valence-electron chi connectivity index (χ1n) is 7.11. The standard InChI is InChI=1S/C18H16O6/c1-10-16(22)15(17(23)12(9-19)18(10)24-2)14(21)8-13(20)11-6-4-3-5-7-11/h3-7,9,22-23H,8H2,1-2H3. The third-order valence-electron chi connectivity index (χ3n) is 3.69. The highest BCUT2D eigenvalue weighted by Crippen LogP contribution is 2.41. The molecule has 6 heteroatoms. The van der Waals surface area contributed by atoms with Gasteiger partial charge in [0.15, 0.2) is 17.9 Å². The molecule has 0 radical (unpaired) electrons. The Kier molecular flexibility index (Phi) is 4.99. The summed E-state index contributed by atoms with van der Waals surface area (Å²) in [5.74, 6) is -2.48. The van der Waals surface area contributed by atoms with Gasteiger partial charge in [-0.1, -0.05) is 30.3 Å². The zero-order chi connectivity index (χ0) is 17.9. The number of aromatic hydroxyl groups is 2. The van der Waals surface area contributed by atoms with Crippen molar-refractivity contribution in [1.82, 2.24) is 0 Å². The summed E-state index contributed by atoms with van der Waals surface area (Å²) in [6.45, 7) is 1.44. The maximum Gasteiger partial charge on any atom is 0.178 e. The normalized spacial score (nSPS) is 10.2. The van der Waals surface area contributed by atoms with Crippen LogP contribution in [0.3, 0.4) is 0 Å². The maximum absolute atomic E-state index is 12.4. The van der Waals surface area contributed by atoms with Crippen LogP contribution in [-0.2, 0) is 0 Å². The number of rotatable bonds is 6. The van der Waals surface area contributed by atoms with Crippen LogP contribution in [0.15, 0.2) is 30.3 Å². The molecular formula is C18H16O6. The van der Waals surface area contributed by atoms with Crippen LogP contribution < -0.4 is 4.74 Å². The number of ketones is 2. The van der Waals surface area contributed by atoms with Gasteiger partial charge in [0.05, 0.1) is 19.1 Å². The number of carbonyl (C=O) groups excluding carboxylic acids is 3. The third kappa shape index (κ3) is 2.99. The molecule has 0 aliphatic rings. The molecule has 2 aromatic carbocycles. The lowest BCUT2D eigenvalue weighted by molar-refractivity contribution is 0.0891. The van der Waals surface area contributed by atoms with E-state index in [9.17, 15) is 24.6 Å². The molecule has 0 fully saturated rings. The minimum atomic E-state index is -0.785. The minimum absolute atomic E-state index is 0.0223. The Balaban J connectivity index is 2.45. The summed E-state index contributed by atoms with van der Waals surface area (Å²) in [7, 11) is 1.27. The van der Waals surface area contributed by atoms with Gasteiger partial charge in [0, 0.05) is 11.1 Å². The van der Waals surface area contributed by atoms with E-state index in [0.29, 0.717) is 11.8 Å². The topological polar surface area (TPSA) is 101 Å². The molecule has 0 amide bonds. The van der Waals surface area contributed by atoms with Crippen molar-refractivity contribution in [1.29, 1.82) is 0 Å². The van der Waals surface area contributed by atoms with Gasteiger partial charge in [-0.3, -0.25) is 14.4 Å². The summed E-state index contributed by atoms with van der Waals surface area (Å²) in [6, 6.07) is 8.18. The molecule has 0 saturated heterocycles. The van der Waals surface area contributed by atoms with E-state index in [-0.39, 0.29) is 16.9 Å². The molecule has 2 aromatic rings. The van der Waals surface area contributed by atoms with Gasteiger partial charge in [-0.05, 0) is 6.92 Å². The molecule has 0 aromatic heterocycles. The predicted molar refractivity (Wildman–Crippen MR) is 86.2 cm³/mol. The molecule has 24 heavy (non-hydrogen) atoms. The van der Waals surface area contributed by atoms with Gasteiger partial charge in [0.2, 0.25) is 0 Å². The van der Waals surface area contributed by atoms with Crippen molar-refractivity contribution in [2.75, 3.05) is 7.11 Å². The second-order valence-corrected chi connectivity index (χ2v) is 5.15. The average Bonchev–Trinajstić information content (AvgIpc) is 2.58. The minimum Gasteiger partial charge on any atom is -0.507 e. The van der Waals surface area contributed by atoms with Crippen molar-refractivity contribution in [3.05, 3.63) is 52.6 Å². The highest BCUT2D eigenvalue weighted by atomic mass is 16.5. The van der Waals surface area contributed by atoms with Gasteiger partial charge >= 0.3 is 0 Å². The fourth-order valence-electron chi connectivity index (χ4n) is 2.45. The fraction of sp³-hybridized carbons (Fsp3) is 0.167. The number of phenols is 2. The van der Waals surface area contributed by atoms with E-state index in [1.807, 2.05) is 0 Å². The summed E-state index contributed by atoms with van der Waals surface area (Å²) < 4.78 is 4.98. The highest BCUT2D eigenvalue weighted by molar-refractivity contribution is 6.16. The van der Waals surface area contributed by atoms with Crippen molar-refractivity contribution in [3.8, 4) is 17.2 Å². The summed E-state index contributed by atoms with van der Waals surface area (Å²) >= 11 is 0. The highest BCUT2D eigenvalue weighted by Gasteiger charge is 2.27. The molecule has 0 aliphatic heterocycles. The molecule has 0 atom stereocenters. The molecule has 0 aliphatic carbocycles. The van der Waals surface area contributed by atoms with E-state index >= 15 is 0 Å². The van der Waals surface area contributed by atoms with Gasteiger partial charge < -0.3 is 14.9 Å². The van der Waals surface area contributed by atoms with E-state index < -0.39 is 35.0 Å². The van der Waals surface area contributed by atoms with Crippen molar-refractivity contribution in [2.24, 2.45) is 0 Å². The van der Waals surface area contributed by atoms with Crippen LogP contribution >= 0.6 is 0 Å². The Labute approximate surface area is 138 Å². The van der Waals surface area contributed by atoms with Crippen LogP contribution in [0.5, 0.6) is 17.2 Å². The van der Waals surface area contributed by atoms with Crippen LogP contribution in [0.2, 0.25) is 0 Å². The monoisotopic (exact) mass is 328 g/mol. The van der Waals surface area contributed by atoms with Crippen LogP contribution in [0.1, 0.15) is 43.1 Å². The number of ether oxygens (including phenoxy) is 1. The molecule has 0 unspecified atom stereocenters. The summed E-state index contributed by atoms with van der Waals surface area (Å²) in [5, 5.41) is 20.3. The van der Waals surface area contributed by atoms with Gasteiger partial charge in [-0.25, -0.2) is 0 Å². The number of aldehydes is 1. The van der Waals surface area contributed by atoms with Crippen molar-refractivity contribution in [3.63, 3.8) is 0 Å². The first-order valence-corrected chi connectivity index (χ1v) is 7.11. The van der Waals surface area contributed by atoms with E-state index in [1.54, 1.807) is 30.3 Å². The molecule has 2 rings (SSSR count). The maximum atomic E-state index is 12.4. The van der Waals surface area contributed by atoms with Crippen LogP contribution in [0.4, 0.5) is 0 Å². The van der Waals surface area contributed by atoms with Gasteiger partial charge in [-0.15, -0.1) is 0 Å². The van der Waals surface area contributed by atoms with Crippen molar-refractivity contribution < 1.29 is 29.3 Å². The van der Waals surface area contributed by atoms with Gasteiger partial charge in [0.25, 0.3) is 0 Å². The average molecular weight is 328 g/mol. The zero-order valence-corrected chi connectivity index (χ0v) is 13.2. The SMILES string of the molecule is COc1c(C)c(O)c(C(=O)CC(=O)c2ccccc2)c(O)c1C=O. The van der Waals surface area contributed by atoms with Crippen LogP contribution in [-0.4, -0.2) is 35.2 Å². The molecule has 0 spiro atoms. The lowest BCUT2D eigenvalue weighted by Gasteiger charge is -2.15. The van der Waals surface area contributed by atoms with Crippen molar-refractivity contribution in [2.45, 2.75) is 13.3 Å². The van der Waals surface area contributed by atoms with Gasteiger partial charge in [-0.2, -0.15) is 0 Å². The fourth-order valence-corrected chi connectivity index (χ4v) is 2.45. The van der Waals surface area contributed by atoms with Crippen molar-refractivity contribution >= 4 is 17.9 Å². The molecular weight excluding hydrogens is 312 g/mol. The van der Waals surface area contributed by atoms with E-state index in [4.69, 9.17) is 4.74 Å². The predicted octanol–water partition coefficient (Wildman–Crippen LogP) is 2.68.